The lowest BCUT2D eigenvalue weighted by Crippen LogP contribution is -2.50. The summed E-state index contributed by atoms with van der Waals surface area (Å²) < 4.78 is 22.9. The maximum atomic E-state index is 12.4. The Balaban J connectivity index is 2.51. The van der Waals surface area contributed by atoms with Gasteiger partial charge in [0, 0.05) is 12.2 Å². The van der Waals surface area contributed by atoms with E-state index in [1.165, 1.54) is 12.8 Å². The largest absolute Gasteiger partial charge is 0.298 e. The Morgan fingerprint density at radius 1 is 1.10 bits per heavy atom. The van der Waals surface area contributed by atoms with Crippen LogP contribution in [0, 0.1) is 0 Å². The number of carbonyl (C=O) groups excluding carboxylic acids is 1. The third-order valence-electron chi connectivity index (χ3n) is 4.38. The van der Waals surface area contributed by atoms with Gasteiger partial charge in [-0.3, -0.25) is 9.69 Å². The van der Waals surface area contributed by atoms with Crippen molar-refractivity contribution in [2.75, 3.05) is 24.6 Å². The van der Waals surface area contributed by atoms with Crippen LogP contribution in [0.1, 0.15) is 59.3 Å². The summed E-state index contributed by atoms with van der Waals surface area (Å²) >= 11 is 0. The summed E-state index contributed by atoms with van der Waals surface area (Å²) in [6, 6.07) is 0. The number of rotatable bonds is 7. The first kappa shape index (κ1) is 17.6. The van der Waals surface area contributed by atoms with Gasteiger partial charge in [0.25, 0.3) is 0 Å². The minimum absolute atomic E-state index is 0.130. The first-order chi connectivity index (χ1) is 9.29. The van der Waals surface area contributed by atoms with E-state index in [2.05, 4.69) is 4.90 Å². The van der Waals surface area contributed by atoms with Crippen molar-refractivity contribution in [1.29, 1.82) is 0 Å². The van der Waals surface area contributed by atoms with E-state index in [1.54, 1.807) is 6.92 Å². The monoisotopic (exact) mass is 303 g/mol. The number of likely N-dealkylation sites (tertiary alicyclic amines) is 1. The molecule has 1 saturated heterocycles. The molecule has 1 rings (SSSR count). The average molecular weight is 303 g/mol. The Hall–Kier alpha value is -0.420. The van der Waals surface area contributed by atoms with Gasteiger partial charge in [-0.05, 0) is 46.2 Å². The third kappa shape index (κ3) is 5.17. The number of hydrogen-bond acceptors (Lipinski definition) is 4. The van der Waals surface area contributed by atoms with Crippen LogP contribution in [0.4, 0.5) is 0 Å². The van der Waals surface area contributed by atoms with E-state index in [9.17, 15) is 13.2 Å². The topological polar surface area (TPSA) is 54.5 Å². The molecule has 118 valence electrons. The van der Waals surface area contributed by atoms with E-state index in [1.807, 2.05) is 13.8 Å². The Labute approximate surface area is 123 Å². The summed E-state index contributed by atoms with van der Waals surface area (Å²) in [6.45, 7) is 7.57. The summed E-state index contributed by atoms with van der Waals surface area (Å²) in [7, 11) is -2.96. The zero-order valence-electron chi connectivity index (χ0n) is 13.2. The normalized spacial score (nSPS) is 18.8. The molecule has 20 heavy (non-hydrogen) atoms. The number of carbonyl (C=O) groups is 1. The lowest BCUT2D eigenvalue weighted by atomic mass is 9.93. The summed E-state index contributed by atoms with van der Waals surface area (Å²) in [5, 5.41) is 0. The maximum absolute atomic E-state index is 12.4. The van der Waals surface area contributed by atoms with Crippen LogP contribution in [0.3, 0.4) is 0 Å². The molecule has 4 nitrogen and oxygen atoms in total. The molecule has 0 spiro atoms. The summed E-state index contributed by atoms with van der Waals surface area (Å²) in [6.07, 6.45) is 5.61. The van der Waals surface area contributed by atoms with Crippen LogP contribution in [0.15, 0.2) is 0 Å². The molecule has 1 fully saturated rings. The maximum Gasteiger partial charge on any atom is 0.152 e. The molecule has 0 radical (unpaired) electrons. The van der Waals surface area contributed by atoms with Gasteiger partial charge in [-0.15, -0.1) is 0 Å². The van der Waals surface area contributed by atoms with Crippen molar-refractivity contribution in [3.63, 3.8) is 0 Å². The SMILES string of the molecule is CCS(=O)(=O)CCCC(=O)C(C)(C)N1CCCCCC1. The van der Waals surface area contributed by atoms with Crippen LogP contribution in [0.5, 0.6) is 0 Å². The molecule has 0 saturated carbocycles. The molecule has 0 amide bonds. The van der Waals surface area contributed by atoms with Gasteiger partial charge in [-0.1, -0.05) is 19.8 Å². The highest BCUT2D eigenvalue weighted by Gasteiger charge is 2.33. The van der Waals surface area contributed by atoms with Gasteiger partial charge in [0.05, 0.1) is 11.3 Å². The Morgan fingerprint density at radius 3 is 2.15 bits per heavy atom. The molecule has 0 unspecified atom stereocenters. The standard InChI is InChI=1S/C15H29NO3S/c1-4-20(18,19)13-9-10-14(17)15(2,3)16-11-7-5-6-8-12-16/h4-13H2,1-3H3. The smallest absolute Gasteiger partial charge is 0.152 e. The van der Waals surface area contributed by atoms with Gasteiger partial charge in [0.15, 0.2) is 5.78 Å². The van der Waals surface area contributed by atoms with E-state index in [4.69, 9.17) is 0 Å². The second kappa shape index (κ2) is 7.55. The first-order valence-electron chi connectivity index (χ1n) is 7.78. The molecule has 1 aliphatic rings. The van der Waals surface area contributed by atoms with Crippen LogP contribution >= 0.6 is 0 Å². The molecule has 5 heteroatoms. The number of Topliss-reactive ketones (excluding diaryl/α,β-unsaturated/α-hetero) is 1. The number of nitrogens with zero attached hydrogens (tertiary/aromatic N) is 1. The van der Waals surface area contributed by atoms with Crippen LogP contribution in [-0.4, -0.2) is 49.2 Å². The average Bonchev–Trinajstić information content (AvgIpc) is 2.67. The number of sulfone groups is 1. The molecule has 0 aromatic rings. The minimum atomic E-state index is -2.96. The summed E-state index contributed by atoms with van der Waals surface area (Å²) in [5.74, 6) is 0.466. The molecule has 0 atom stereocenters. The summed E-state index contributed by atoms with van der Waals surface area (Å²) in [4.78, 5) is 14.7. The quantitative estimate of drug-likeness (QED) is 0.725. The molecule has 1 heterocycles. The van der Waals surface area contributed by atoms with Crippen molar-refractivity contribution in [2.24, 2.45) is 0 Å². The molecule has 1 aliphatic heterocycles. The van der Waals surface area contributed by atoms with Crippen molar-refractivity contribution in [3.05, 3.63) is 0 Å². The predicted octanol–water partition coefficient (Wildman–Crippen LogP) is 2.43. The van der Waals surface area contributed by atoms with E-state index >= 15 is 0 Å². The molecule has 0 aromatic carbocycles. The molecular formula is C15H29NO3S. The lowest BCUT2D eigenvalue weighted by Gasteiger charge is -2.36. The second-order valence-electron chi connectivity index (χ2n) is 6.22. The summed E-state index contributed by atoms with van der Waals surface area (Å²) in [5.41, 5.74) is -0.458. The van der Waals surface area contributed by atoms with Crippen LogP contribution in [0.25, 0.3) is 0 Å². The van der Waals surface area contributed by atoms with E-state index < -0.39 is 15.4 Å². The molecule has 0 aliphatic carbocycles. The van der Waals surface area contributed by atoms with Gasteiger partial charge in [-0.2, -0.15) is 0 Å². The van der Waals surface area contributed by atoms with E-state index in [-0.39, 0.29) is 17.3 Å². The first-order valence-corrected chi connectivity index (χ1v) is 9.60. The zero-order chi connectivity index (χ0) is 15.2. The van der Waals surface area contributed by atoms with Crippen LogP contribution in [0.2, 0.25) is 0 Å². The fourth-order valence-corrected chi connectivity index (χ4v) is 3.58. The molecule has 0 aromatic heterocycles. The fourth-order valence-electron chi connectivity index (χ4n) is 2.71. The number of hydrogen-bond donors (Lipinski definition) is 0. The highest BCUT2D eigenvalue weighted by atomic mass is 32.2. The van der Waals surface area contributed by atoms with Crippen molar-refractivity contribution in [1.82, 2.24) is 4.90 Å². The second-order valence-corrected chi connectivity index (χ2v) is 8.70. The van der Waals surface area contributed by atoms with E-state index in [0.717, 1.165) is 25.9 Å². The van der Waals surface area contributed by atoms with Crippen LogP contribution < -0.4 is 0 Å². The predicted molar refractivity (Wildman–Crippen MR) is 82.7 cm³/mol. The number of ketones is 1. The molecule has 0 bridgehead atoms. The van der Waals surface area contributed by atoms with Crippen molar-refractivity contribution < 1.29 is 13.2 Å². The van der Waals surface area contributed by atoms with Crippen molar-refractivity contribution >= 4 is 15.6 Å². The highest BCUT2D eigenvalue weighted by Crippen LogP contribution is 2.22. The van der Waals surface area contributed by atoms with Crippen LogP contribution in [-0.2, 0) is 14.6 Å². The van der Waals surface area contributed by atoms with Gasteiger partial charge < -0.3 is 0 Å². The third-order valence-corrected chi connectivity index (χ3v) is 6.17. The molecule has 0 N–H and O–H groups in total. The minimum Gasteiger partial charge on any atom is -0.298 e. The highest BCUT2D eigenvalue weighted by molar-refractivity contribution is 7.91. The van der Waals surface area contributed by atoms with E-state index in [0.29, 0.717) is 12.8 Å². The lowest BCUT2D eigenvalue weighted by molar-refractivity contribution is -0.129. The zero-order valence-corrected chi connectivity index (χ0v) is 14.0. The fraction of sp³-hybridized carbons (Fsp3) is 0.933. The molecular weight excluding hydrogens is 274 g/mol. The Bertz CT molecular complexity index is 407. The Kier molecular flexibility index (Phi) is 6.65. The van der Waals surface area contributed by atoms with Crippen molar-refractivity contribution in [2.45, 2.75) is 64.8 Å². The van der Waals surface area contributed by atoms with Gasteiger partial charge in [0.2, 0.25) is 0 Å². The van der Waals surface area contributed by atoms with Gasteiger partial charge in [0.1, 0.15) is 9.84 Å². The van der Waals surface area contributed by atoms with Gasteiger partial charge >= 0.3 is 0 Å². The Morgan fingerprint density at radius 2 is 1.65 bits per heavy atom. The van der Waals surface area contributed by atoms with Crippen molar-refractivity contribution in [3.8, 4) is 0 Å². The van der Waals surface area contributed by atoms with Gasteiger partial charge in [-0.25, -0.2) is 8.42 Å².